The molecular weight excluding hydrogens is 446 g/mol. The van der Waals surface area contributed by atoms with Gasteiger partial charge in [-0.1, -0.05) is 0 Å². The molecule has 0 saturated heterocycles. The van der Waals surface area contributed by atoms with Gasteiger partial charge in [0, 0.05) is 40.6 Å². The molecule has 1 atom stereocenters. The quantitative estimate of drug-likeness (QED) is 0.587. The van der Waals surface area contributed by atoms with Gasteiger partial charge in [-0.2, -0.15) is 9.78 Å². The Labute approximate surface area is 204 Å². The van der Waals surface area contributed by atoms with E-state index < -0.39 is 0 Å². The van der Waals surface area contributed by atoms with Crippen molar-refractivity contribution in [2.24, 2.45) is 0 Å². The van der Waals surface area contributed by atoms with Crippen molar-refractivity contribution in [1.29, 1.82) is 0 Å². The highest BCUT2D eigenvalue weighted by atomic mass is 16.5. The number of anilines is 1. The summed E-state index contributed by atoms with van der Waals surface area (Å²) in [5, 5.41) is 8.35. The van der Waals surface area contributed by atoms with Gasteiger partial charge in [-0.05, 0) is 57.4 Å². The number of aromatic nitrogens is 4. The van der Waals surface area contributed by atoms with Crippen molar-refractivity contribution in [2.45, 2.75) is 46.0 Å². The van der Waals surface area contributed by atoms with Gasteiger partial charge in [0.25, 0.3) is 5.95 Å². The highest BCUT2D eigenvalue weighted by molar-refractivity contribution is 6.01. The zero-order valence-electron chi connectivity index (χ0n) is 20.9. The van der Waals surface area contributed by atoms with E-state index in [1.54, 1.807) is 26.0 Å². The predicted molar refractivity (Wildman–Crippen MR) is 131 cm³/mol. The second kappa shape index (κ2) is 8.72. The molecule has 9 nitrogen and oxygen atoms in total. The van der Waals surface area contributed by atoms with Crippen LogP contribution in [0.3, 0.4) is 0 Å². The zero-order valence-corrected chi connectivity index (χ0v) is 20.9. The van der Waals surface area contributed by atoms with Gasteiger partial charge in [-0.15, -0.1) is 0 Å². The van der Waals surface area contributed by atoms with Crippen molar-refractivity contribution in [3.05, 3.63) is 57.7 Å². The van der Waals surface area contributed by atoms with E-state index in [1.165, 1.54) is 0 Å². The number of carbonyl (C=O) groups excluding carboxylic acids is 1. The SMILES string of the molecule is COc1cc([C@@H]2C3=C(CCCC3=O)Nc3c2c(C)nn3-c2nc(C)cc(C)n2)cc(OC)c1OC. The largest absolute Gasteiger partial charge is 0.493 e. The minimum atomic E-state index is -0.345. The summed E-state index contributed by atoms with van der Waals surface area (Å²) in [6, 6.07) is 5.76. The van der Waals surface area contributed by atoms with E-state index in [2.05, 4.69) is 15.3 Å². The monoisotopic (exact) mass is 475 g/mol. The van der Waals surface area contributed by atoms with Crippen LogP contribution in [0.25, 0.3) is 5.95 Å². The van der Waals surface area contributed by atoms with Gasteiger partial charge in [0.2, 0.25) is 5.75 Å². The maximum absolute atomic E-state index is 13.3. The van der Waals surface area contributed by atoms with Crippen LogP contribution in [0.15, 0.2) is 29.5 Å². The minimum absolute atomic E-state index is 0.137. The maximum atomic E-state index is 13.3. The van der Waals surface area contributed by atoms with Crippen molar-refractivity contribution >= 4 is 11.6 Å². The van der Waals surface area contributed by atoms with Crippen molar-refractivity contribution in [2.75, 3.05) is 26.6 Å². The van der Waals surface area contributed by atoms with Gasteiger partial charge in [0.1, 0.15) is 5.82 Å². The normalized spacial score (nSPS) is 17.0. The predicted octanol–water partition coefficient (Wildman–Crippen LogP) is 4.18. The second-order valence-electron chi connectivity index (χ2n) is 8.90. The molecule has 0 unspecified atom stereocenters. The molecule has 0 fully saturated rings. The summed E-state index contributed by atoms with van der Waals surface area (Å²) in [5.74, 6) is 2.65. The standard InChI is InChI=1S/C26H29N5O4/c1-13-10-14(2)28-26(27-13)31-25-21(15(3)30-31)22(23-17(29-25)8-7-9-18(23)32)16-11-19(33-4)24(35-6)20(12-16)34-5/h10-12,22,29H,7-9H2,1-6H3/t22-/m0/s1. The second-order valence-corrected chi connectivity index (χ2v) is 8.90. The minimum Gasteiger partial charge on any atom is -0.493 e. The number of hydrogen-bond acceptors (Lipinski definition) is 8. The third-order valence-corrected chi connectivity index (χ3v) is 6.59. The number of aryl methyl sites for hydroxylation is 3. The number of allylic oxidation sites excluding steroid dienone is 2. The van der Waals surface area contributed by atoms with E-state index in [0.29, 0.717) is 29.6 Å². The molecule has 1 aromatic carbocycles. The number of Topliss-reactive ketones (excluding diaryl/α,β-unsaturated/α-hetero) is 1. The lowest BCUT2D eigenvalue weighted by molar-refractivity contribution is -0.116. The number of nitrogens with zero attached hydrogens (tertiary/aromatic N) is 4. The van der Waals surface area contributed by atoms with Crippen molar-refractivity contribution in [3.63, 3.8) is 0 Å². The van der Waals surface area contributed by atoms with Crippen LogP contribution in [0, 0.1) is 20.8 Å². The Morgan fingerprint density at radius 3 is 2.20 bits per heavy atom. The van der Waals surface area contributed by atoms with E-state index in [4.69, 9.17) is 19.3 Å². The number of ether oxygens (including phenoxy) is 3. The average Bonchev–Trinajstić information content (AvgIpc) is 3.17. The smallest absolute Gasteiger partial charge is 0.252 e. The summed E-state index contributed by atoms with van der Waals surface area (Å²) in [4.78, 5) is 22.6. The Kier molecular flexibility index (Phi) is 5.70. The highest BCUT2D eigenvalue weighted by Gasteiger charge is 2.39. The zero-order chi connectivity index (χ0) is 24.9. The molecular formula is C26H29N5O4. The summed E-state index contributed by atoms with van der Waals surface area (Å²) < 4.78 is 18.5. The fraction of sp³-hybridized carbons (Fsp3) is 0.385. The average molecular weight is 476 g/mol. The Bertz CT molecular complexity index is 1330. The third kappa shape index (κ3) is 3.71. The van der Waals surface area contributed by atoms with Gasteiger partial charge in [0.05, 0.1) is 27.0 Å². The molecule has 9 heteroatoms. The third-order valence-electron chi connectivity index (χ3n) is 6.59. The lowest BCUT2D eigenvalue weighted by Gasteiger charge is -2.33. The summed E-state index contributed by atoms with van der Waals surface area (Å²) in [6.07, 6.45) is 2.10. The van der Waals surface area contributed by atoms with Gasteiger partial charge in [-0.3, -0.25) is 4.79 Å². The Balaban J connectivity index is 1.78. The van der Waals surface area contributed by atoms with Crippen molar-refractivity contribution in [1.82, 2.24) is 19.7 Å². The van der Waals surface area contributed by atoms with E-state index in [0.717, 1.165) is 58.1 Å². The number of fused-ring (bicyclic) bond motifs is 1. The molecule has 0 bridgehead atoms. The van der Waals surface area contributed by atoms with Gasteiger partial charge < -0.3 is 19.5 Å². The summed E-state index contributed by atoms with van der Waals surface area (Å²) >= 11 is 0. The van der Waals surface area contributed by atoms with Gasteiger partial charge in [-0.25, -0.2) is 9.97 Å². The van der Waals surface area contributed by atoms with E-state index in [1.807, 2.05) is 39.0 Å². The summed E-state index contributed by atoms with van der Waals surface area (Å²) in [5.41, 5.74) is 5.97. The van der Waals surface area contributed by atoms with Crippen LogP contribution in [0.5, 0.6) is 17.2 Å². The molecule has 3 heterocycles. The Hall–Kier alpha value is -3.88. The highest BCUT2D eigenvalue weighted by Crippen LogP contribution is 2.50. The van der Waals surface area contributed by atoms with E-state index in [9.17, 15) is 4.79 Å². The van der Waals surface area contributed by atoms with Gasteiger partial charge >= 0.3 is 0 Å². The number of rotatable bonds is 5. The molecule has 0 amide bonds. The van der Waals surface area contributed by atoms with Crippen LogP contribution in [-0.2, 0) is 4.79 Å². The van der Waals surface area contributed by atoms with Crippen molar-refractivity contribution in [3.8, 4) is 23.2 Å². The number of ketones is 1. The lowest BCUT2D eigenvalue weighted by Crippen LogP contribution is -2.27. The molecule has 1 aliphatic carbocycles. The summed E-state index contributed by atoms with van der Waals surface area (Å²) in [6.45, 7) is 5.82. The van der Waals surface area contributed by atoms with Crippen LogP contribution in [0.4, 0.5) is 5.82 Å². The number of carbonyl (C=O) groups is 1. The molecule has 2 aliphatic rings. The fourth-order valence-electron chi connectivity index (χ4n) is 5.17. The van der Waals surface area contributed by atoms with Crippen LogP contribution < -0.4 is 19.5 Å². The first-order chi connectivity index (χ1) is 16.9. The Morgan fingerprint density at radius 1 is 0.943 bits per heavy atom. The molecule has 3 aromatic rings. The Morgan fingerprint density at radius 2 is 1.60 bits per heavy atom. The molecule has 0 radical (unpaired) electrons. The number of benzene rings is 1. The molecule has 0 saturated carbocycles. The first-order valence-electron chi connectivity index (χ1n) is 11.6. The molecule has 182 valence electrons. The number of methoxy groups -OCH3 is 3. The van der Waals surface area contributed by atoms with Crippen LogP contribution >= 0.6 is 0 Å². The summed E-state index contributed by atoms with van der Waals surface area (Å²) in [7, 11) is 4.75. The van der Waals surface area contributed by atoms with E-state index in [-0.39, 0.29) is 11.7 Å². The van der Waals surface area contributed by atoms with Crippen molar-refractivity contribution < 1.29 is 19.0 Å². The number of hydrogen-bond donors (Lipinski definition) is 1. The lowest BCUT2D eigenvalue weighted by atomic mass is 9.76. The first-order valence-corrected chi connectivity index (χ1v) is 11.6. The van der Waals surface area contributed by atoms with E-state index >= 15 is 0 Å². The molecule has 1 N–H and O–H groups in total. The van der Waals surface area contributed by atoms with Crippen LogP contribution in [-0.4, -0.2) is 46.9 Å². The van der Waals surface area contributed by atoms with Crippen LogP contribution in [0.2, 0.25) is 0 Å². The fourth-order valence-corrected chi connectivity index (χ4v) is 5.17. The molecule has 35 heavy (non-hydrogen) atoms. The topological polar surface area (TPSA) is 100 Å². The molecule has 0 spiro atoms. The van der Waals surface area contributed by atoms with Crippen LogP contribution in [0.1, 0.15) is 53.4 Å². The number of nitrogens with one attached hydrogen (secondary N) is 1. The molecule has 2 aromatic heterocycles. The molecule has 5 rings (SSSR count). The first kappa shape index (κ1) is 22.9. The molecule has 1 aliphatic heterocycles. The van der Waals surface area contributed by atoms with Gasteiger partial charge in [0.15, 0.2) is 17.3 Å². The maximum Gasteiger partial charge on any atom is 0.252 e.